The van der Waals surface area contributed by atoms with Crippen LogP contribution >= 0.6 is 0 Å². The van der Waals surface area contributed by atoms with Crippen LogP contribution in [0.1, 0.15) is 77.0 Å². The van der Waals surface area contributed by atoms with E-state index in [1.807, 2.05) is 0 Å². The monoisotopic (exact) mass is 496 g/mol. The second kappa shape index (κ2) is 12.3. The molecule has 0 aromatic heterocycles. The van der Waals surface area contributed by atoms with Crippen LogP contribution in [0.4, 0.5) is 0 Å². The van der Waals surface area contributed by atoms with Gasteiger partial charge < -0.3 is 9.47 Å². The van der Waals surface area contributed by atoms with Crippen LogP contribution in [0.3, 0.4) is 0 Å². The molecular weight excluding hydrogens is 456 g/mol. The number of carbonyl (C=O) groups is 2. The quantitative estimate of drug-likeness (QED) is 0.286. The van der Waals surface area contributed by atoms with Crippen molar-refractivity contribution in [3.05, 3.63) is 25.3 Å². The average molecular weight is 497 g/mol. The molecule has 0 N–H and O–H groups in total. The summed E-state index contributed by atoms with van der Waals surface area (Å²) in [6.07, 6.45) is 13.8. The van der Waals surface area contributed by atoms with Crippen LogP contribution in [-0.2, 0) is 33.4 Å². The van der Waals surface area contributed by atoms with Crippen LogP contribution in [0, 0.1) is 23.7 Å². The van der Waals surface area contributed by atoms with Gasteiger partial charge in [-0.3, -0.25) is 13.8 Å². The van der Waals surface area contributed by atoms with E-state index in [0.717, 1.165) is 71.3 Å². The predicted octanol–water partition coefficient (Wildman–Crippen LogP) is 4.71. The van der Waals surface area contributed by atoms with E-state index in [0.29, 0.717) is 12.8 Å². The van der Waals surface area contributed by atoms with E-state index < -0.39 is 39.1 Å². The number of hydrogen-bond acceptors (Lipinski definition) is 7. The molecule has 0 spiro atoms. The minimum atomic E-state index is -3.76. The van der Waals surface area contributed by atoms with Crippen LogP contribution < -0.4 is 0 Å². The van der Waals surface area contributed by atoms with E-state index in [4.69, 9.17) is 13.7 Å². The van der Waals surface area contributed by atoms with E-state index in [1.54, 1.807) is 12.2 Å². The van der Waals surface area contributed by atoms with Crippen LogP contribution in [0.2, 0.25) is 0 Å². The lowest BCUT2D eigenvalue weighted by Gasteiger charge is -2.34. The molecule has 2 bridgehead atoms. The molecule has 0 aliphatic heterocycles. The number of rotatable bonds is 7. The first-order valence-corrected chi connectivity index (χ1v) is 14.2. The van der Waals surface area contributed by atoms with Gasteiger partial charge in [0, 0.05) is 0 Å². The van der Waals surface area contributed by atoms with Crippen LogP contribution in [0.5, 0.6) is 0 Å². The summed E-state index contributed by atoms with van der Waals surface area (Å²) in [6.45, 7) is 6.72. The first-order valence-electron chi connectivity index (χ1n) is 12.8. The van der Waals surface area contributed by atoms with Gasteiger partial charge in [-0.25, -0.2) is 0 Å². The molecule has 4 aliphatic carbocycles. The van der Waals surface area contributed by atoms with Gasteiger partial charge >= 0.3 is 11.9 Å². The molecule has 7 nitrogen and oxygen atoms in total. The fourth-order valence-electron chi connectivity index (χ4n) is 6.27. The third-order valence-electron chi connectivity index (χ3n) is 7.93. The van der Waals surface area contributed by atoms with Gasteiger partial charge in [-0.1, -0.05) is 38.2 Å². The lowest BCUT2D eigenvalue weighted by molar-refractivity contribution is -0.170. The Morgan fingerprint density at radius 2 is 1.24 bits per heavy atom. The van der Waals surface area contributed by atoms with Crippen molar-refractivity contribution in [2.24, 2.45) is 23.7 Å². The SMILES string of the molecule is C=CC=C.COS(=O)(=O)C1CC2CC1C(C(=O)OC1CCCCC1)C2C(=O)OC1CCCCC1. The maximum absolute atomic E-state index is 13.2. The van der Waals surface area contributed by atoms with Gasteiger partial charge in [0.1, 0.15) is 12.2 Å². The van der Waals surface area contributed by atoms with E-state index in [9.17, 15) is 18.0 Å². The summed E-state index contributed by atoms with van der Waals surface area (Å²) in [5.41, 5.74) is 0. The molecule has 0 heterocycles. The first kappa shape index (κ1) is 26.9. The number of esters is 2. The zero-order valence-corrected chi connectivity index (χ0v) is 21.2. The van der Waals surface area contributed by atoms with Crippen molar-refractivity contribution < 1.29 is 31.7 Å². The molecule has 192 valence electrons. The molecule has 0 radical (unpaired) electrons. The zero-order chi connectivity index (χ0) is 24.7. The topological polar surface area (TPSA) is 96.0 Å². The van der Waals surface area contributed by atoms with Crippen molar-refractivity contribution in [3.8, 4) is 0 Å². The molecule has 4 fully saturated rings. The summed E-state index contributed by atoms with van der Waals surface area (Å²) >= 11 is 0. The molecule has 4 aliphatic rings. The number of fused-ring (bicyclic) bond motifs is 2. The predicted molar refractivity (Wildman–Crippen MR) is 129 cm³/mol. The molecular formula is C26H40O7S. The van der Waals surface area contributed by atoms with Crippen molar-refractivity contribution in [2.75, 3.05) is 7.11 Å². The normalized spacial score (nSPS) is 31.7. The Bertz CT molecular complexity index is 818. The summed E-state index contributed by atoms with van der Waals surface area (Å²) in [4.78, 5) is 26.3. The standard InChI is InChI=1S/C22H34O7S.C4H6/c1-27-30(25,26)18-13-14-12-17(18)20(22(24)29-16-10-6-3-7-11-16)19(14)21(23)28-15-8-4-2-5-9-15;1-3-4-2/h14-20H,2-13H2,1H3;3-4H,1-2H2. The maximum atomic E-state index is 13.2. The largest absolute Gasteiger partial charge is 0.462 e. The summed E-state index contributed by atoms with van der Waals surface area (Å²) in [7, 11) is -2.61. The third kappa shape index (κ3) is 6.30. The van der Waals surface area contributed by atoms with Gasteiger partial charge in [-0.05, 0) is 76.0 Å². The number of carbonyl (C=O) groups excluding carboxylic acids is 2. The Kier molecular flexibility index (Phi) is 9.77. The summed E-state index contributed by atoms with van der Waals surface area (Å²) in [5.74, 6) is -2.73. The molecule has 5 unspecified atom stereocenters. The molecule has 34 heavy (non-hydrogen) atoms. The van der Waals surface area contributed by atoms with Gasteiger partial charge in [-0.15, -0.1) is 0 Å². The summed E-state index contributed by atoms with van der Waals surface area (Å²) in [6, 6.07) is 0. The summed E-state index contributed by atoms with van der Waals surface area (Å²) in [5, 5.41) is -0.755. The Morgan fingerprint density at radius 3 is 1.68 bits per heavy atom. The number of allylic oxidation sites excluding steroid dienone is 2. The minimum Gasteiger partial charge on any atom is -0.462 e. The van der Waals surface area contributed by atoms with Crippen LogP contribution in [0.25, 0.3) is 0 Å². The number of hydrogen-bond donors (Lipinski definition) is 0. The van der Waals surface area contributed by atoms with Gasteiger partial charge in [0.15, 0.2) is 0 Å². The Labute approximate surface area is 204 Å². The molecule has 4 rings (SSSR count). The lowest BCUT2D eigenvalue weighted by Crippen LogP contribution is -2.45. The van der Waals surface area contributed by atoms with Crippen LogP contribution in [-0.4, -0.2) is 44.9 Å². The van der Waals surface area contributed by atoms with Gasteiger partial charge in [-0.2, -0.15) is 8.42 Å². The van der Waals surface area contributed by atoms with E-state index in [2.05, 4.69) is 13.2 Å². The molecule has 5 atom stereocenters. The van der Waals surface area contributed by atoms with Crippen molar-refractivity contribution >= 4 is 22.1 Å². The van der Waals surface area contributed by atoms with Gasteiger partial charge in [0.2, 0.25) is 0 Å². The number of ether oxygens (including phenoxy) is 2. The zero-order valence-electron chi connectivity index (χ0n) is 20.4. The van der Waals surface area contributed by atoms with Crippen molar-refractivity contribution in [2.45, 2.75) is 94.5 Å². The van der Waals surface area contributed by atoms with Gasteiger partial charge in [0.05, 0.1) is 24.2 Å². The van der Waals surface area contributed by atoms with Gasteiger partial charge in [0.25, 0.3) is 10.1 Å². The second-order valence-corrected chi connectivity index (χ2v) is 11.9. The maximum Gasteiger partial charge on any atom is 0.310 e. The van der Waals surface area contributed by atoms with E-state index in [-0.39, 0.29) is 24.1 Å². The highest BCUT2D eigenvalue weighted by molar-refractivity contribution is 7.87. The van der Waals surface area contributed by atoms with Crippen LogP contribution in [0.15, 0.2) is 25.3 Å². The first-order chi connectivity index (χ1) is 16.3. The second-order valence-electron chi connectivity index (χ2n) is 10.0. The molecule has 0 aromatic rings. The minimum absolute atomic E-state index is 0.0844. The molecule has 8 heteroatoms. The third-order valence-corrected chi connectivity index (χ3v) is 9.68. The summed E-state index contributed by atoms with van der Waals surface area (Å²) < 4.78 is 41.3. The lowest BCUT2D eigenvalue weighted by atomic mass is 9.78. The highest BCUT2D eigenvalue weighted by atomic mass is 32.2. The Hall–Kier alpha value is -1.67. The highest BCUT2D eigenvalue weighted by Crippen LogP contribution is 2.55. The highest BCUT2D eigenvalue weighted by Gasteiger charge is 2.62. The van der Waals surface area contributed by atoms with Crippen molar-refractivity contribution in [3.63, 3.8) is 0 Å². The van der Waals surface area contributed by atoms with E-state index in [1.165, 1.54) is 0 Å². The fourth-order valence-corrected chi connectivity index (χ4v) is 7.71. The molecule has 0 amide bonds. The fraction of sp³-hybridized carbons (Fsp3) is 0.769. The Balaban J connectivity index is 0.000000751. The molecule has 0 saturated heterocycles. The average Bonchev–Trinajstić information content (AvgIpc) is 3.45. The van der Waals surface area contributed by atoms with Crippen molar-refractivity contribution in [1.82, 2.24) is 0 Å². The molecule has 0 aromatic carbocycles. The van der Waals surface area contributed by atoms with Crippen molar-refractivity contribution in [1.29, 1.82) is 0 Å². The smallest absolute Gasteiger partial charge is 0.310 e. The van der Waals surface area contributed by atoms with E-state index >= 15 is 0 Å². The molecule has 4 saturated carbocycles. The Morgan fingerprint density at radius 1 is 0.765 bits per heavy atom.